The van der Waals surface area contributed by atoms with Crippen molar-refractivity contribution in [2.45, 2.75) is 117 Å². The summed E-state index contributed by atoms with van der Waals surface area (Å²) in [5, 5.41) is 2.93. The molecular formula is C24H45N3O2. The highest BCUT2D eigenvalue weighted by atomic mass is 16.3. The maximum atomic E-state index is 12.2. The first kappa shape index (κ1) is 25.7. The number of rotatable bonds is 18. The molecule has 5 nitrogen and oxygen atoms in total. The van der Waals surface area contributed by atoms with E-state index in [9.17, 15) is 4.79 Å². The molecule has 0 aromatic carbocycles. The van der Waals surface area contributed by atoms with Crippen LogP contribution in [-0.2, 0) is 0 Å². The molecule has 2 atom stereocenters. The van der Waals surface area contributed by atoms with Gasteiger partial charge in [0.25, 0.3) is 5.91 Å². The predicted octanol–water partition coefficient (Wildman–Crippen LogP) is 6.54. The van der Waals surface area contributed by atoms with Crippen molar-refractivity contribution in [3.05, 3.63) is 17.8 Å². The van der Waals surface area contributed by atoms with Gasteiger partial charge in [0.1, 0.15) is 6.26 Å². The van der Waals surface area contributed by atoms with Crippen LogP contribution in [0.4, 0.5) is 0 Å². The Bertz CT molecular complexity index is 530. The van der Waals surface area contributed by atoms with Crippen LogP contribution in [0.2, 0.25) is 0 Å². The molecule has 5 heteroatoms. The fourth-order valence-electron chi connectivity index (χ4n) is 3.48. The molecule has 2 unspecified atom stereocenters. The third kappa shape index (κ3) is 11.4. The lowest BCUT2D eigenvalue weighted by Crippen LogP contribution is -2.25. The summed E-state index contributed by atoms with van der Waals surface area (Å²) in [6.45, 7) is 7.10. The Morgan fingerprint density at radius 1 is 0.966 bits per heavy atom. The molecule has 0 aliphatic rings. The van der Waals surface area contributed by atoms with Crippen molar-refractivity contribution in [1.29, 1.82) is 0 Å². The van der Waals surface area contributed by atoms with Crippen LogP contribution in [0.3, 0.4) is 0 Å². The summed E-state index contributed by atoms with van der Waals surface area (Å²) in [6, 6.07) is -0.261. The first-order chi connectivity index (χ1) is 14.1. The Kier molecular flexibility index (Phi) is 14.6. The van der Waals surface area contributed by atoms with Gasteiger partial charge >= 0.3 is 0 Å². The Labute approximate surface area is 178 Å². The van der Waals surface area contributed by atoms with Crippen molar-refractivity contribution in [3.8, 4) is 0 Å². The number of hydrogen-bond donors (Lipinski definition) is 2. The second-order valence-electron chi connectivity index (χ2n) is 8.48. The van der Waals surface area contributed by atoms with E-state index in [0.29, 0.717) is 18.1 Å². The van der Waals surface area contributed by atoms with E-state index in [1.165, 1.54) is 83.3 Å². The van der Waals surface area contributed by atoms with Gasteiger partial charge in [0, 0.05) is 6.54 Å². The summed E-state index contributed by atoms with van der Waals surface area (Å²) in [7, 11) is 0. The molecule has 3 N–H and O–H groups in total. The van der Waals surface area contributed by atoms with Crippen molar-refractivity contribution >= 4 is 5.91 Å². The number of carbonyl (C=O) groups excluding carboxylic acids is 1. The van der Waals surface area contributed by atoms with E-state index in [4.69, 9.17) is 10.2 Å². The zero-order chi connectivity index (χ0) is 21.3. The third-order valence-corrected chi connectivity index (χ3v) is 5.86. The highest BCUT2D eigenvalue weighted by Gasteiger charge is 2.20. The average molecular weight is 408 g/mol. The summed E-state index contributed by atoms with van der Waals surface area (Å²) >= 11 is 0. The minimum atomic E-state index is -0.261. The smallest absolute Gasteiger partial charge is 0.273 e. The molecule has 1 aromatic heterocycles. The molecule has 1 heterocycles. The van der Waals surface area contributed by atoms with Gasteiger partial charge in [-0.15, -0.1) is 0 Å². The zero-order valence-electron chi connectivity index (χ0n) is 19.2. The van der Waals surface area contributed by atoms with Gasteiger partial charge in [0.05, 0.1) is 6.04 Å². The topological polar surface area (TPSA) is 81.2 Å². The molecule has 0 spiro atoms. The molecule has 0 fully saturated rings. The van der Waals surface area contributed by atoms with Crippen LogP contribution in [0.5, 0.6) is 0 Å². The minimum Gasteiger partial charge on any atom is -0.446 e. The van der Waals surface area contributed by atoms with Gasteiger partial charge in [-0.05, 0) is 12.3 Å². The van der Waals surface area contributed by atoms with E-state index in [-0.39, 0.29) is 17.9 Å². The van der Waals surface area contributed by atoms with Crippen LogP contribution in [0.1, 0.15) is 133 Å². The van der Waals surface area contributed by atoms with Crippen LogP contribution in [0.15, 0.2) is 10.7 Å². The summed E-state index contributed by atoms with van der Waals surface area (Å²) < 4.78 is 5.40. The van der Waals surface area contributed by atoms with E-state index < -0.39 is 0 Å². The van der Waals surface area contributed by atoms with E-state index in [0.717, 1.165) is 12.8 Å². The number of amides is 1. The molecule has 0 aliphatic heterocycles. The summed E-state index contributed by atoms with van der Waals surface area (Å²) in [5.74, 6) is 0.552. The number of oxazole rings is 1. The standard InChI is InChI=1S/C24H45N3O2/c1-4-6-7-8-9-10-11-12-13-14-15-16-17-18-26-23(28)21-19-29-24(27-21)22(25)20(3)5-2/h19-20,22H,4-18,25H2,1-3H3,(H,26,28). The van der Waals surface area contributed by atoms with Gasteiger partial charge in [0.15, 0.2) is 5.69 Å². The second-order valence-corrected chi connectivity index (χ2v) is 8.48. The number of nitrogens with one attached hydrogen (secondary N) is 1. The maximum Gasteiger partial charge on any atom is 0.273 e. The van der Waals surface area contributed by atoms with Crippen molar-refractivity contribution in [2.75, 3.05) is 6.54 Å². The van der Waals surface area contributed by atoms with Gasteiger partial charge in [-0.2, -0.15) is 0 Å². The molecule has 0 aliphatic carbocycles. The largest absolute Gasteiger partial charge is 0.446 e. The van der Waals surface area contributed by atoms with Crippen LogP contribution in [0, 0.1) is 5.92 Å². The van der Waals surface area contributed by atoms with E-state index in [1.807, 2.05) is 0 Å². The molecule has 1 amide bonds. The number of aromatic nitrogens is 1. The molecule has 0 saturated heterocycles. The number of nitrogens with two attached hydrogens (primary N) is 1. The number of unbranched alkanes of at least 4 members (excludes halogenated alkanes) is 12. The van der Waals surface area contributed by atoms with Crippen LogP contribution >= 0.6 is 0 Å². The monoisotopic (exact) mass is 407 g/mol. The lowest BCUT2D eigenvalue weighted by molar-refractivity contribution is 0.0948. The Hall–Kier alpha value is -1.36. The molecule has 1 aromatic rings. The lowest BCUT2D eigenvalue weighted by atomic mass is 10.0. The normalized spacial score (nSPS) is 13.4. The lowest BCUT2D eigenvalue weighted by Gasteiger charge is -2.13. The number of hydrogen-bond acceptors (Lipinski definition) is 4. The van der Waals surface area contributed by atoms with E-state index in [1.54, 1.807) is 0 Å². The maximum absolute atomic E-state index is 12.2. The first-order valence-electron chi connectivity index (χ1n) is 12.1. The van der Waals surface area contributed by atoms with Gasteiger partial charge < -0.3 is 15.5 Å². The van der Waals surface area contributed by atoms with Crippen LogP contribution in [0.25, 0.3) is 0 Å². The van der Waals surface area contributed by atoms with Gasteiger partial charge in [0.2, 0.25) is 5.89 Å². The van der Waals surface area contributed by atoms with Gasteiger partial charge in [-0.25, -0.2) is 4.98 Å². The van der Waals surface area contributed by atoms with Gasteiger partial charge in [-0.3, -0.25) is 4.79 Å². The molecule has 168 valence electrons. The van der Waals surface area contributed by atoms with Crippen LogP contribution < -0.4 is 11.1 Å². The van der Waals surface area contributed by atoms with Crippen molar-refractivity contribution in [1.82, 2.24) is 10.3 Å². The van der Waals surface area contributed by atoms with E-state index in [2.05, 4.69) is 31.1 Å². The average Bonchev–Trinajstić information content (AvgIpc) is 3.23. The Morgan fingerprint density at radius 3 is 2.00 bits per heavy atom. The Morgan fingerprint density at radius 2 is 1.48 bits per heavy atom. The number of carbonyl (C=O) groups is 1. The molecular weight excluding hydrogens is 362 g/mol. The fraction of sp³-hybridized carbons (Fsp3) is 0.833. The first-order valence-corrected chi connectivity index (χ1v) is 12.1. The summed E-state index contributed by atoms with van der Waals surface area (Å²) in [6.07, 6.45) is 19.6. The minimum absolute atomic E-state index is 0.171. The summed E-state index contributed by atoms with van der Waals surface area (Å²) in [4.78, 5) is 16.4. The third-order valence-electron chi connectivity index (χ3n) is 5.86. The fourth-order valence-corrected chi connectivity index (χ4v) is 3.48. The Balaban J connectivity index is 1.99. The van der Waals surface area contributed by atoms with Crippen molar-refractivity contribution in [3.63, 3.8) is 0 Å². The molecule has 0 radical (unpaired) electrons. The SMILES string of the molecule is CCCCCCCCCCCCCCCNC(=O)c1coc(C(N)C(C)CC)n1. The predicted molar refractivity (Wildman–Crippen MR) is 121 cm³/mol. The summed E-state index contributed by atoms with van der Waals surface area (Å²) in [5.41, 5.74) is 6.43. The quantitative estimate of drug-likeness (QED) is 0.271. The highest BCUT2D eigenvalue weighted by molar-refractivity contribution is 5.91. The molecule has 1 rings (SSSR count). The highest BCUT2D eigenvalue weighted by Crippen LogP contribution is 2.21. The second kappa shape index (κ2) is 16.4. The van der Waals surface area contributed by atoms with Crippen molar-refractivity contribution < 1.29 is 9.21 Å². The molecule has 0 saturated carbocycles. The van der Waals surface area contributed by atoms with Gasteiger partial charge in [-0.1, -0.05) is 104 Å². The molecule has 0 bridgehead atoms. The van der Waals surface area contributed by atoms with Crippen LogP contribution in [-0.4, -0.2) is 17.4 Å². The zero-order valence-corrected chi connectivity index (χ0v) is 19.2. The van der Waals surface area contributed by atoms with Crippen molar-refractivity contribution in [2.24, 2.45) is 11.7 Å². The number of nitrogens with zero attached hydrogens (tertiary/aromatic N) is 1. The van der Waals surface area contributed by atoms with E-state index >= 15 is 0 Å². The molecule has 29 heavy (non-hydrogen) atoms.